The van der Waals surface area contributed by atoms with Gasteiger partial charge in [0.2, 0.25) is 0 Å². The zero-order chi connectivity index (χ0) is 14.4. The van der Waals surface area contributed by atoms with Crippen LogP contribution in [0, 0.1) is 0 Å². The Labute approximate surface area is 122 Å². The molecule has 2 aliphatic rings. The van der Waals surface area contributed by atoms with Crippen molar-refractivity contribution in [1.82, 2.24) is 15.1 Å². The van der Waals surface area contributed by atoms with E-state index >= 15 is 0 Å². The van der Waals surface area contributed by atoms with Crippen molar-refractivity contribution in [3.05, 3.63) is 0 Å². The number of hydrogen-bond acceptors (Lipinski definition) is 5. The molecule has 0 bridgehead atoms. The molecule has 0 aromatic rings. The summed E-state index contributed by atoms with van der Waals surface area (Å²) in [7, 11) is 1.83. The number of carbonyl (C=O) groups is 1. The number of nitrogens with zero attached hydrogens (tertiary/aromatic N) is 2. The average molecular weight is 283 g/mol. The molecule has 2 unspecified atom stereocenters. The van der Waals surface area contributed by atoms with Gasteiger partial charge in [-0.3, -0.25) is 9.69 Å². The molecule has 0 aliphatic carbocycles. The van der Waals surface area contributed by atoms with Gasteiger partial charge in [-0.2, -0.15) is 0 Å². The molecule has 0 radical (unpaired) electrons. The Morgan fingerprint density at radius 1 is 1.35 bits per heavy atom. The lowest BCUT2D eigenvalue weighted by atomic mass is 10.2. The van der Waals surface area contributed by atoms with Crippen LogP contribution in [-0.4, -0.2) is 74.2 Å². The molecule has 0 spiro atoms. The molecular formula is C15H29N3O2. The average Bonchev–Trinajstić information content (AvgIpc) is 3.10. The summed E-state index contributed by atoms with van der Waals surface area (Å²) in [5.74, 6) is -0.120. The molecule has 2 aliphatic heterocycles. The minimum Gasteiger partial charge on any atom is -0.465 e. The summed E-state index contributed by atoms with van der Waals surface area (Å²) in [4.78, 5) is 16.9. The van der Waals surface area contributed by atoms with Crippen LogP contribution >= 0.6 is 0 Å². The number of nitrogens with one attached hydrogen (secondary N) is 1. The summed E-state index contributed by atoms with van der Waals surface area (Å²) in [5, 5.41) is 3.07. The van der Waals surface area contributed by atoms with Crippen LogP contribution in [0.25, 0.3) is 0 Å². The van der Waals surface area contributed by atoms with Gasteiger partial charge in [0.05, 0.1) is 6.61 Å². The molecule has 1 N–H and O–H groups in total. The van der Waals surface area contributed by atoms with E-state index in [-0.39, 0.29) is 12.0 Å². The van der Waals surface area contributed by atoms with Gasteiger partial charge in [-0.25, -0.2) is 0 Å². The quantitative estimate of drug-likeness (QED) is 0.697. The van der Waals surface area contributed by atoms with Gasteiger partial charge in [-0.1, -0.05) is 0 Å². The first-order valence-electron chi connectivity index (χ1n) is 8.05. The highest BCUT2D eigenvalue weighted by Gasteiger charge is 2.29. The Balaban J connectivity index is 1.70. The van der Waals surface area contributed by atoms with Gasteiger partial charge in [0.1, 0.15) is 6.04 Å². The summed E-state index contributed by atoms with van der Waals surface area (Å²) in [6.45, 7) is 8.18. The SMILES string of the molecule is CCOC(=O)C(CCN1CCC(N2CCCC2)C1)NC. The molecule has 2 atom stereocenters. The highest BCUT2D eigenvalue weighted by atomic mass is 16.5. The standard InChI is InChI=1S/C15H29N3O2/c1-3-20-15(19)14(16-2)7-11-17-10-6-13(12-17)18-8-4-5-9-18/h13-14,16H,3-12H2,1-2H3. The van der Waals surface area contributed by atoms with Gasteiger partial charge in [-0.15, -0.1) is 0 Å². The van der Waals surface area contributed by atoms with E-state index < -0.39 is 0 Å². The summed E-state index contributed by atoms with van der Waals surface area (Å²) >= 11 is 0. The lowest BCUT2D eigenvalue weighted by Crippen LogP contribution is -2.40. The lowest BCUT2D eigenvalue weighted by Gasteiger charge is -2.24. The number of likely N-dealkylation sites (tertiary alicyclic amines) is 2. The molecule has 2 heterocycles. The first kappa shape index (κ1) is 15.7. The van der Waals surface area contributed by atoms with Crippen LogP contribution in [0.3, 0.4) is 0 Å². The molecular weight excluding hydrogens is 254 g/mol. The normalized spacial score (nSPS) is 26.0. The third-order valence-electron chi connectivity index (χ3n) is 4.56. The van der Waals surface area contributed by atoms with Crippen LogP contribution in [0.5, 0.6) is 0 Å². The van der Waals surface area contributed by atoms with Gasteiger partial charge in [0.15, 0.2) is 0 Å². The largest absolute Gasteiger partial charge is 0.465 e. The Bertz CT molecular complexity index is 305. The van der Waals surface area contributed by atoms with Crippen molar-refractivity contribution in [1.29, 1.82) is 0 Å². The van der Waals surface area contributed by atoms with Gasteiger partial charge >= 0.3 is 5.97 Å². The van der Waals surface area contributed by atoms with Crippen molar-refractivity contribution in [2.75, 3.05) is 46.4 Å². The molecule has 0 amide bonds. The Morgan fingerprint density at radius 3 is 2.75 bits per heavy atom. The second-order valence-electron chi connectivity index (χ2n) is 5.87. The van der Waals surface area contributed by atoms with Crippen LogP contribution < -0.4 is 5.32 Å². The third-order valence-corrected chi connectivity index (χ3v) is 4.56. The molecule has 116 valence electrons. The number of ether oxygens (including phenoxy) is 1. The predicted octanol–water partition coefficient (Wildman–Crippen LogP) is 0.698. The molecule has 2 fully saturated rings. The second kappa shape index (κ2) is 7.96. The molecule has 0 saturated carbocycles. The van der Waals surface area contributed by atoms with Crippen LogP contribution in [0.15, 0.2) is 0 Å². The number of carbonyl (C=O) groups excluding carboxylic acids is 1. The van der Waals surface area contributed by atoms with Crippen LogP contribution in [0.2, 0.25) is 0 Å². The van der Waals surface area contributed by atoms with Gasteiger partial charge < -0.3 is 15.0 Å². The number of likely N-dealkylation sites (N-methyl/N-ethyl adjacent to an activating group) is 1. The molecule has 5 nitrogen and oxygen atoms in total. The molecule has 0 aromatic carbocycles. The van der Waals surface area contributed by atoms with Crippen molar-refractivity contribution < 1.29 is 9.53 Å². The van der Waals surface area contributed by atoms with Gasteiger partial charge in [0.25, 0.3) is 0 Å². The highest BCUT2D eigenvalue weighted by molar-refractivity contribution is 5.75. The monoisotopic (exact) mass is 283 g/mol. The zero-order valence-corrected chi connectivity index (χ0v) is 12.9. The van der Waals surface area contributed by atoms with Crippen molar-refractivity contribution in [3.8, 4) is 0 Å². The summed E-state index contributed by atoms with van der Waals surface area (Å²) < 4.78 is 5.08. The third kappa shape index (κ3) is 4.17. The fraction of sp³-hybridized carbons (Fsp3) is 0.933. The second-order valence-corrected chi connectivity index (χ2v) is 5.87. The summed E-state index contributed by atoms with van der Waals surface area (Å²) in [6, 6.07) is 0.578. The van der Waals surface area contributed by atoms with E-state index in [1.165, 1.54) is 45.4 Å². The Kier molecular flexibility index (Phi) is 6.26. The van der Waals surface area contributed by atoms with Gasteiger partial charge in [0, 0.05) is 19.1 Å². The predicted molar refractivity (Wildman–Crippen MR) is 79.7 cm³/mol. The van der Waals surface area contributed by atoms with E-state index in [0.717, 1.165) is 19.0 Å². The Hall–Kier alpha value is -0.650. The molecule has 2 saturated heterocycles. The maximum absolute atomic E-state index is 11.7. The van der Waals surface area contributed by atoms with E-state index in [1.54, 1.807) is 0 Å². The van der Waals surface area contributed by atoms with Crippen molar-refractivity contribution in [2.45, 2.75) is 44.7 Å². The highest BCUT2D eigenvalue weighted by Crippen LogP contribution is 2.20. The first-order chi connectivity index (χ1) is 9.74. The van der Waals surface area contributed by atoms with Crippen molar-refractivity contribution in [3.63, 3.8) is 0 Å². The first-order valence-corrected chi connectivity index (χ1v) is 8.05. The minimum absolute atomic E-state index is 0.120. The molecule has 2 rings (SSSR count). The van der Waals surface area contributed by atoms with E-state index in [4.69, 9.17) is 4.74 Å². The minimum atomic E-state index is -0.166. The zero-order valence-electron chi connectivity index (χ0n) is 12.9. The fourth-order valence-electron chi connectivity index (χ4n) is 3.35. The number of hydrogen-bond donors (Lipinski definition) is 1. The maximum Gasteiger partial charge on any atom is 0.323 e. The summed E-state index contributed by atoms with van der Waals surface area (Å²) in [5.41, 5.74) is 0. The Morgan fingerprint density at radius 2 is 2.10 bits per heavy atom. The fourth-order valence-corrected chi connectivity index (χ4v) is 3.35. The van der Waals surface area contributed by atoms with E-state index in [2.05, 4.69) is 15.1 Å². The van der Waals surface area contributed by atoms with Crippen LogP contribution in [0.1, 0.15) is 32.6 Å². The molecule has 20 heavy (non-hydrogen) atoms. The van der Waals surface area contributed by atoms with Crippen molar-refractivity contribution in [2.24, 2.45) is 0 Å². The van der Waals surface area contributed by atoms with E-state index in [9.17, 15) is 4.79 Å². The van der Waals surface area contributed by atoms with E-state index in [1.807, 2.05) is 14.0 Å². The lowest BCUT2D eigenvalue weighted by molar-refractivity contribution is -0.145. The maximum atomic E-state index is 11.7. The van der Waals surface area contributed by atoms with Crippen molar-refractivity contribution >= 4 is 5.97 Å². The molecule has 0 aromatic heterocycles. The van der Waals surface area contributed by atoms with Crippen LogP contribution in [-0.2, 0) is 9.53 Å². The van der Waals surface area contributed by atoms with Gasteiger partial charge in [-0.05, 0) is 59.3 Å². The van der Waals surface area contributed by atoms with E-state index in [0.29, 0.717) is 6.61 Å². The number of esters is 1. The topological polar surface area (TPSA) is 44.8 Å². The summed E-state index contributed by atoms with van der Waals surface area (Å²) in [6.07, 6.45) is 4.84. The smallest absolute Gasteiger partial charge is 0.323 e. The number of rotatable bonds is 7. The van der Waals surface area contributed by atoms with Crippen LogP contribution in [0.4, 0.5) is 0 Å². The molecule has 5 heteroatoms.